The van der Waals surface area contributed by atoms with Crippen LogP contribution in [0.5, 0.6) is 0 Å². The van der Waals surface area contributed by atoms with Crippen molar-refractivity contribution in [2.75, 3.05) is 0 Å². The average molecular weight is 457 g/mol. The lowest BCUT2D eigenvalue weighted by Crippen LogP contribution is -2.42. The number of hydrogen-bond acceptors (Lipinski definition) is 1. The maximum atomic E-state index is 5.67. The van der Waals surface area contributed by atoms with Gasteiger partial charge in [0.2, 0.25) is 0 Å². The largest absolute Gasteiger partial charge is 0.356 e. The molecule has 1 aliphatic carbocycles. The fraction of sp³-hybridized carbons (Fsp3) is 0.179. The molecule has 4 rings (SSSR count). The van der Waals surface area contributed by atoms with E-state index in [9.17, 15) is 0 Å². The van der Waals surface area contributed by atoms with E-state index in [1.54, 1.807) is 0 Å². The van der Waals surface area contributed by atoms with E-state index < -0.39 is 7.92 Å². The predicted octanol–water partition coefficient (Wildman–Crippen LogP) is 5.95. The molecule has 0 unspecified atom stereocenters. The predicted molar refractivity (Wildman–Crippen MR) is 143 cm³/mol. The molecule has 162 valence electrons. The first kappa shape index (κ1) is 22.5. The molecule has 0 spiro atoms. The van der Waals surface area contributed by atoms with Crippen LogP contribution in [0.1, 0.15) is 31.9 Å². The minimum Gasteiger partial charge on any atom is -0.356 e. The minimum atomic E-state index is -0.612. The molecule has 0 aromatic heterocycles. The molecule has 0 saturated carbocycles. The van der Waals surface area contributed by atoms with Crippen LogP contribution in [0, 0.1) is 0 Å². The Balaban J connectivity index is 1.56. The SMILES string of the molecule is C[C@H](NC(=S)N[C@H](C)C1=C(P(c2ccccc2)c2ccccc2)C=CC1)c1ccccc1. The van der Waals surface area contributed by atoms with Gasteiger partial charge in [-0.25, -0.2) is 0 Å². The fourth-order valence-corrected chi connectivity index (χ4v) is 7.03. The summed E-state index contributed by atoms with van der Waals surface area (Å²) >= 11 is 5.67. The summed E-state index contributed by atoms with van der Waals surface area (Å²) < 4.78 is 0. The van der Waals surface area contributed by atoms with Gasteiger partial charge < -0.3 is 10.6 Å². The van der Waals surface area contributed by atoms with Gasteiger partial charge in [0.05, 0.1) is 6.04 Å². The average Bonchev–Trinajstić information content (AvgIpc) is 3.31. The van der Waals surface area contributed by atoms with E-state index in [0.717, 1.165) is 6.42 Å². The molecule has 2 atom stereocenters. The van der Waals surface area contributed by atoms with Crippen LogP contribution in [0.15, 0.2) is 114 Å². The normalized spacial score (nSPS) is 15.0. The zero-order valence-corrected chi connectivity index (χ0v) is 20.2. The van der Waals surface area contributed by atoms with Crippen molar-refractivity contribution in [1.29, 1.82) is 0 Å². The Kier molecular flexibility index (Phi) is 7.52. The highest BCUT2D eigenvalue weighted by molar-refractivity contribution is 7.80. The van der Waals surface area contributed by atoms with E-state index in [-0.39, 0.29) is 12.1 Å². The Morgan fingerprint density at radius 3 is 1.81 bits per heavy atom. The van der Waals surface area contributed by atoms with Crippen molar-refractivity contribution in [3.8, 4) is 0 Å². The van der Waals surface area contributed by atoms with Gasteiger partial charge in [-0.2, -0.15) is 0 Å². The fourth-order valence-electron chi connectivity index (χ4n) is 4.05. The van der Waals surface area contributed by atoms with Crippen LogP contribution in [0.25, 0.3) is 0 Å². The van der Waals surface area contributed by atoms with Crippen LogP contribution in [0.4, 0.5) is 0 Å². The molecule has 32 heavy (non-hydrogen) atoms. The van der Waals surface area contributed by atoms with Crippen molar-refractivity contribution >= 4 is 35.9 Å². The highest BCUT2D eigenvalue weighted by Gasteiger charge is 2.25. The summed E-state index contributed by atoms with van der Waals surface area (Å²) in [6.45, 7) is 4.35. The lowest BCUT2D eigenvalue weighted by Gasteiger charge is -2.26. The van der Waals surface area contributed by atoms with Crippen molar-refractivity contribution in [2.24, 2.45) is 0 Å². The number of benzene rings is 3. The molecule has 2 N–H and O–H groups in total. The summed E-state index contributed by atoms with van der Waals surface area (Å²) in [6, 6.07) is 32.4. The van der Waals surface area contributed by atoms with Gasteiger partial charge in [0.15, 0.2) is 5.11 Å². The molecule has 0 heterocycles. The summed E-state index contributed by atoms with van der Waals surface area (Å²) in [5, 5.41) is 11.8. The molecule has 0 fully saturated rings. The third-order valence-corrected chi connectivity index (χ3v) is 8.51. The van der Waals surface area contributed by atoms with Crippen LogP contribution in [0.2, 0.25) is 0 Å². The van der Waals surface area contributed by atoms with Gasteiger partial charge in [-0.15, -0.1) is 0 Å². The Morgan fingerprint density at radius 1 is 0.750 bits per heavy atom. The Hall–Kier alpha value is -2.74. The second kappa shape index (κ2) is 10.7. The van der Waals surface area contributed by atoms with E-state index in [1.165, 1.54) is 27.1 Å². The molecule has 0 amide bonds. The first-order valence-electron chi connectivity index (χ1n) is 11.1. The summed E-state index contributed by atoms with van der Waals surface area (Å²) in [7, 11) is -0.612. The first-order valence-corrected chi connectivity index (χ1v) is 12.8. The highest BCUT2D eigenvalue weighted by atomic mass is 32.1. The van der Waals surface area contributed by atoms with Crippen molar-refractivity contribution in [2.45, 2.75) is 32.4 Å². The molecule has 0 bridgehead atoms. The van der Waals surface area contributed by atoms with Crippen molar-refractivity contribution in [3.05, 3.63) is 120 Å². The number of nitrogens with one attached hydrogen (secondary N) is 2. The van der Waals surface area contributed by atoms with Gasteiger partial charge in [0.25, 0.3) is 0 Å². The highest BCUT2D eigenvalue weighted by Crippen LogP contribution is 2.48. The van der Waals surface area contributed by atoms with Gasteiger partial charge in [-0.3, -0.25) is 0 Å². The third kappa shape index (κ3) is 5.35. The molecule has 0 radical (unpaired) electrons. The second-order valence-electron chi connectivity index (χ2n) is 8.00. The van der Waals surface area contributed by atoms with Crippen molar-refractivity contribution < 1.29 is 0 Å². The van der Waals surface area contributed by atoms with Gasteiger partial charge in [0, 0.05) is 6.04 Å². The Labute approximate surface area is 198 Å². The number of allylic oxidation sites excluding steroid dienone is 3. The van der Waals surface area contributed by atoms with Crippen LogP contribution in [-0.2, 0) is 0 Å². The van der Waals surface area contributed by atoms with Gasteiger partial charge in [-0.1, -0.05) is 103 Å². The van der Waals surface area contributed by atoms with Gasteiger partial charge >= 0.3 is 0 Å². The van der Waals surface area contributed by atoms with E-state index in [0.29, 0.717) is 5.11 Å². The smallest absolute Gasteiger partial charge is 0.167 e. The van der Waals surface area contributed by atoms with Crippen LogP contribution in [-0.4, -0.2) is 11.2 Å². The molecular weight excluding hydrogens is 427 g/mol. The first-order chi connectivity index (χ1) is 15.6. The zero-order chi connectivity index (χ0) is 22.3. The lowest BCUT2D eigenvalue weighted by atomic mass is 10.1. The summed E-state index contributed by atoms with van der Waals surface area (Å²) in [5.74, 6) is 0. The number of thiocarbonyl (C=S) groups is 1. The molecular formula is C28H29N2PS. The molecule has 1 aliphatic rings. The topological polar surface area (TPSA) is 24.1 Å². The van der Waals surface area contributed by atoms with E-state index in [1.807, 2.05) is 6.07 Å². The third-order valence-electron chi connectivity index (χ3n) is 5.73. The zero-order valence-electron chi connectivity index (χ0n) is 18.5. The van der Waals surface area contributed by atoms with E-state index >= 15 is 0 Å². The van der Waals surface area contributed by atoms with Crippen LogP contribution in [0.3, 0.4) is 0 Å². The van der Waals surface area contributed by atoms with Crippen molar-refractivity contribution in [1.82, 2.24) is 10.6 Å². The maximum absolute atomic E-state index is 5.67. The van der Waals surface area contributed by atoms with Crippen molar-refractivity contribution in [3.63, 3.8) is 0 Å². The van der Waals surface area contributed by atoms with Crippen LogP contribution < -0.4 is 21.2 Å². The van der Waals surface area contributed by atoms with E-state index in [2.05, 4.69) is 122 Å². The van der Waals surface area contributed by atoms with Gasteiger partial charge in [-0.05, 0) is 67.5 Å². The lowest BCUT2D eigenvalue weighted by molar-refractivity contribution is 0.670. The number of hydrogen-bond donors (Lipinski definition) is 2. The quantitative estimate of drug-likeness (QED) is 0.340. The molecule has 3 aromatic rings. The Bertz CT molecular complexity index is 1050. The van der Waals surface area contributed by atoms with E-state index in [4.69, 9.17) is 12.2 Å². The maximum Gasteiger partial charge on any atom is 0.167 e. The summed E-state index contributed by atoms with van der Waals surface area (Å²) in [4.78, 5) is 0. The van der Waals surface area contributed by atoms with Crippen LogP contribution >= 0.6 is 20.1 Å². The molecule has 0 aliphatic heterocycles. The second-order valence-corrected chi connectivity index (χ2v) is 10.6. The van der Waals surface area contributed by atoms with Gasteiger partial charge in [0.1, 0.15) is 0 Å². The summed E-state index contributed by atoms with van der Waals surface area (Å²) in [6.07, 6.45) is 5.56. The Morgan fingerprint density at radius 2 is 1.25 bits per heavy atom. The number of rotatable bonds is 7. The summed E-state index contributed by atoms with van der Waals surface area (Å²) in [5.41, 5.74) is 2.64. The molecule has 4 heteroatoms. The molecule has 2 nitrogen and oxygen atoms in total. The standard InChI is InChI=1S/C28H29N2PS/c1-21(23-13-6-3-7-14-23)29-28(32)30-22(2)26-19-12-20-27(26)31(24-15-8-4-9-16-24)25-17-10-5-11-18-25/h3-18,20-22H,19H2,1-2H3,(H2,29,30,32)/t21-,22+/m0/s1. The monoisotopic (exact) mass is 456 g/mol. The molecule has 0 saturated heterocycles. The minimum absolute atomic E-state index is 0.153. The molecule has 3 aromatic carbocycles.